The molecule has 4 nitrogen and oxygen atoms in total. The topological polar surface area (TPSA) is 64.9 Å². The second kappa shape index (κ2) is 3.89. The van der Waals surface area contributed by atoms with E-state index in [1.807, 2.05) is 6.92 Å². The van der Waals surface area contributed by atoms with Crippen LogP contribution in [0.2, 0.25) is 0 Å². The Morgan fingerprint density at radius 3 is 3.07 bits per heavy atom. The lowest BCUT2D eigenvalue weighted by Crippen LogP contribution is -2.02. The molecule has 0 spiro atoms. The zero-order valence-electron chi connectivity index (χ0n) is 7.86. The van der Waals surface area contributed by atoms with Gasteiger partial charge in [-0.2, -0.15) is 0 Å². The van der Waals surface area contributed by atoms with Crippen molar-refractivity contribution >= 4 is 11.3 Å². The van der Waals surface area contributed by atoms with E-state index in [1.165, 1.54) is 0 Å². The fraction of sp³-hybridized carbons (Fsp3) is 0.333. The fourth-order valence-corrected chi connectivity index (χ4v) is 2.12. The summed E-state index contributed by atoms with van der Waals surface area (Å²) in [6.07, 6.45) is 2.51. The van der Waals surface area contributed by atoms with Crippen molar-refractivity contribution in [2.24, 2.45) is 5.73 Å². The first-order valence-electron chi connectivity index (χ1n) is 4.37. The molecule has 2 aromatic rings. The third kappa shape index (κ3) is 1.56. The molecule has 0 aliphatic rings. The highest BCUT2D eigenvalue weighted by Crippen LogP contribution is 2.29. The Hall–Kier alpha value is -1.20. The van der Waals surface area contributed by atoms with Gasteiger partial charge in [-0.25, -0.2) is 4.98 Å². The van der Waals surface area contributed by atoms with E-state index < -0.39 is 0 Å². The van der Waals surface area contributed by atoms with E-state index in [0.29, 0.717) is 6.54 Å². The summed E-state index contributed by atoms with van der Waals surface area (Å²) in [6.45, 7) is 2.56. The Labute approximate surface area is 85.7 Å². The summed E-state index contributed by atoms with van der Waals surface area (Å²) in [5, 5.41) is 3.79. The van der Waals surface area contributed by atoms with Crippen molar-refractivity contribution in [3.63, 3.8) is 0 Å². The summed E-state index contributed by atoms with van der Waals surface area (Å²) in [5.74, 6) is 0.815. The summed E-state index contributed by atoms with van der Waals surface area (Å²) in [5.41, 5.74) is 9.34. The van der Waals surface area contributed by atoms with Gasteiger partial charge in [-0.1, -0.05) is 5.16 Å². The van der Waals surface area contributed by atoms with Gasteiger partial charge in [-0.05, 0) is 19.9 Å². The quantitative estimate of drug-likeness (QED) is 0.834. The predicted octanol–water partition coefficient (Wildman–Crippen LogP) is 1.61. The van der Waals surface area contributed by atoms with Gasteiger partial charge in [0.1, 0.15) is 0 Å². The highest BCUT2D eigenvalue weighted by molar-refractivity contribution is 7.13. The molecule has 0 atom stereocenters. The van der Waals surface area contributed by atoms with E-state index in [2.05, 4.69) is 10.1 Å². The van der Waals surface area contributed by atoms with Crippen molar-refractivity contribution < 1.29 is 4.52 Å². The van der Waals surface area contributed by atoms with Gasteiger partial charge in [0.25, 0.3) is 0 Å². The number of aryl methyl sites for hydroxylation is 1. The third-order valence-electron chi connectivity index (χ3n) is 2.01. The Kier molecular flexibility index (Phi) is 2.60. The van der Waals surface area contributed by atoms with Crippen molar-refractivity contribution in [2.45, 2.75) is 13.3 Å². The summed E-state index contributed by atoms with van der Waals surface area (Å²) >= 11 is 1.56. The van der Waals surface area contributed by atoms with Crippen molar-refractivity contribution in [3.05, 3.63) is 23.0 Å². The largest absolute Gasteiger partial charge is 0.355 e. The minimum absolute atomic E-state index is 0.603. The molecule has 2 aromatic heterocycles. The fourth-order valence-electron chi connectivity index (χ4n) is 1.30. The maximum absolute atomic E-state index is 5.50. The standard InChI is InChI=1S/C9H11N3OS/c1-6-9(14-5-11-6)8-7(2-3-10)4-12-13-8/h4-5H,2-3,10H2,1H3. The van der Waals surface area contributed by atoms with E-state index in [-0.39, 0.29) is 0 Å². The van der Waals surface area contributed by atoms with Crippen LogP contribution in [0.4, 0.5) is 0 Å². The first-order valence-corrected chi connectivity index (χ1v) is 5.25. The van der Waals surface area contributed by atoms with Crippen LogP contribution in [0.25, 0.3) is 10.6 Å². The van der Waals surface area contributed by atoms with E-state index in [9.17, 15) is 0 Å². The van der Waals surface area contributed by atoms with E-state index >= 15 is 0 Å². The maximum Gasteiger partial charge on any atom is 0.181 e. The molecule has 0 saturated heterocycles. The molecule has 2 heterocycles. The molecule has 0 saturated carbocycles. The van der Waals surface area contributed by atoms with Crippen LogP contribution < -0.4 is 5.73 Å². The van der Waals surface area contributed by atoms with Gasteiger partial charge >= 0.3 is 0 Å². The van der Waals surface area contributed by atoms with Gasteiger partial charge in [0.05, 0.1) is 22.3 Å². The van der Waals surface area contributed by atoms with Gasteiger partial charge < -0.3 is 10.3 Å². The molecule has 0 fully saturated rings. The first kappa shape index (κ1) is 9.36. The van der Waals surface area contributed by atoms with Crippen LogP contribution in [0.3, 0.4) is 0 Å². The number of hydrogen-bond acceptors (Lipinski definition) is 5. The number of nitrogens with two attached hydrogens (primary N) is 1. The van der Waals surface area contributed by atoms with Crippen molar-refractivity contribution in [2.75, 3.05) is 6.54 Å². The van der Waals surface area contributed by atoms with E-state index in [0.717, 1.165) is 28.3 Å². The Morgan fingerprint density at radius 2 is 2.43 bits per heavy atom. The number of aromatic nitrogens is 2. The molecule has 2 N–H and O–H groups in total. The molecule has 74 valence electrons. The van der Waals surface area contributed by atoms with Gasteiger partial charge in [0.2, 0.25) is 0 Å². The number of hydrogen-bond donors (Lipinski definition) is 1. The highest BCUT2D eigenvalue weighted by Gasteiger charge is 2.14. The van der Waals surface area contributed by atoms with Gasteiger partial charge in [0, 0.05) is 5.56 Å². The third-order valence-corrected chi connectivity index (χ3v) is 2.94. The minimum atomic E-state index is 0.603. The molecule has 5 heteroatoms. The molecule has 0 aromatic carbocycles. The SMILES string of the molecule is Cc1ncsc1-c1oncc1CCN. The van der Waals surface area contributed by atoms with Gasteiger partial charge in [0.15, 0.2) is 5.76 Å². The number of rotatable bonds is 3. The van der Waals surface area contributed by atoms with E-state index in [4.69, 9.17) is 10.3 Å². The monoisotopic (exact) mass is 209 g/mol. The van der Waals surface area contributed by atoms with Crippen molar-refractivity contribution in [3.8, 4) is 10.6 Å². The average molecular weight is 209 g/mol. The van der Waals surface area contributed by atoms with Crippen LogP contribution in [-0.4, -0.2) is 16.7 Å². The lowest BCUT2D eigenvalue weighted by molar-refractivity contribution is 0.432. The predicted molar refractivity (Wildman–Crippen MR) is 55.1 cm³/mol. The molecule has 2 rings (SSSR count). The molecule has 14 heavy (non-hydrogen) atoms. The number of nitrogens with zero attached hydrogens (tertiary/aromatic N) is 2. The smallest absolute Gasteiger partial charge is 0.181 e. The van der Waals surface area contributed by atoms with Crippen molar-refractivity contribution in [1.29, 1.82) is 0 Å². The lowest BCUT2D eigenvalue weighted by atomic mass is 10.1. The van der Waals surface area contributed by atoms with Crippen LogP contribution in [0.5, 0.6) is 0 Å². The van der Waals surface area contributed by atoms with Gasteiger partial charge in [-0.15, -0.1) is 11.3 Å². The molecule has 0 bridgehead atoms. The molecule has 0 aliphatic carbocycles. The molecular weight excluding hydrogens is 198 g/mol. The van der Waals surface area contributed by atoms with Crippen molar-refractivity contribution in [1.82, 2.24) is 10.1 Å². The van der Waals surface area contributed by atoms with Crippen LogP contribution in [0.15, 0.2) is 16.2 Å². The van der Waals surface area contributed by atoms with Crippen LogP contribution in [0.1, 0.15) is 11.3 Å². The first-order chi connectivity index (χ1) is 6.83. The second-order valence-electron chi connectivity index (χ2n) is 2.99. The summed E-state index contributed by atoms with van der Waals surface area (Å²) in [6, 6.07) is 0. The zero-order chi connectivity index (χ0) is 9.97. The van der Waals surface area contributed by atoms with Crippen LogP contribution >= 0.6 is 11.3 Å². The highest BCUT2D eigenvalue weighted by atomic mass is 32.1. The average Bonchev–Trinajstić information content (AvgIpc) is 2.74. The Morgan fingerprint density at radius 1 is 1.57 bits per heavy atom. The molecular formula is C9H11N3OS. The molecule has 0 radical (unpaired) electrons. The Balaban J connectivity index is 2.41. The summed E-state index contributed by atoms with van der Waals surface area (Å²) < 4.78 is 5.21. The molecule has 0 unspecified atom stereocenters. The normalized spacial score (nSPS) is 10.7. The maximum atomic E-state index is 5.50. The van der Waals surface area contributed by atoms with Crippen LogP contribution in [-0.2, 0) is 6.42 Å². The van der Waals surface area contributed by atoms with Gasteiger partial charge in [-0.3, -0.25) is 0 Å². The lowest BCUT2D eigenvalue weighted by Gasteiger charge is -1.96. The number of thiazole rings is 1. The van der Waals surface area contributed by atoms with E-state index in [1.54, 1.807) is 23.0 Å². The Bertz CT molecular complexity index is 421. The summed E-state index contributed by atoms with van der Waals surface area (Å²) in [7, 11) is 0. The summed E-state index contributed by atoms with van der Waals surface area (Å²) in [4.78, 5) is 5.22. The minimum Gasteiger partial charge on any atom is -0.355 e. The zero-order valence-corrected chi connectivity index (χ0v) is 8.67. The molecule has 0 amide bonds. The van der Waals surface area contributed by atoms with Crippen LogP contribution in [0, 0.1) is 6.92 Å². The second-order valence-corrected chi connectivity index (χ2v) is 3.84. The molecule has 0 aliphatic heterocycles.